The van der Waals surface area contributed by atoms with Gasteiger partial charge in [0.15, 0.2) is 0 Å². The molecule has 0 aliphatic carbocycles. The fourth-order valence-corrected chi connectivity index (χ4v) is 1.86. The maximum absolute atomic E-state index is 12.2. The first-order chi connectivity index (χ1) is 10.6. The van der Waals surface area contributed by atoms with Gasteiger partial charge in [0.1, 0.15) is 5.69 Å². The summed E-state index contributed by atoms with van der Waals surface area (Å²) in [4.78, 5) is 35.4. The Hall–Kier alpha value is -2.96. The summed E-state index contributed by atoms with van der Waals surface area (Å²) in [6, 6.07) is 9.09. The number of hydrogen-bond donors (Lipinski definition) is 1. The van der Waals surface area contributed by atoms with E-state index in [1.807, 2.05) is 0 Å². The smallest absolute Gasteiger partial charge is 0.339 e. The lowest BCUT2D eigenvalue weighted by Gasteiger charge is -2.09. The Bertz CT molecular complexity index is 767. The normalized spacial score (nSPS) is 10.1. The van der Waals surface area contributed by atoms with Gasteiger partial charge in [-0.25, -0.2) is 9.48 Å². The van der Waals surface area contributed by atoms with Gasteiger partial charge in [-0.3, -0.25) is 9.59 Å². The Labute approximate surface area is 126 Å². The van der Waals surface area contributed by atoms with E-state index in [0.29, 0.717) is 12.2 Å². The Morgan fingerprint density at radius 3 is 2.64 bits per heavy atom. The number of hydrogen-bond acceptors (Lipinski definition) is 5. The van der Waals surface area contributed by atoms with Gasteiger partial charge < -0.3 is 10.1 Å². The molecule has 0 saturated heterocycles. The fraction of sp³-hybridized carbons (Fsp3) is 0.200. The summed E-state index contributed by atoms with van der Waals surface area (Å²) in [6.45, 7) is 2.11. The number of benzene rings is 1. The van der Waals surface area contributed by atoms with Crippen molar-refractivity contribution in [3.63, 3.8) is 0 Å². The van der Waals surface area contributed by atoms with Crippen LogP contribution in [-0.2, 0) is 11.3 Å². The van der Waals surface area contributed by atoms with Crippen LogP contribution in [0.1, 0.15) is 27.8 Å². The van der Waals surface area contributed by atoms with Gasteiger partial charge in [0.2, 0.25) is 0 Å². The Balaban J connectivity index is 2.30. The highest BCUT2D eigenvalue weighted by Gasteiger charge is 2.15. The zero-order chi connectivity index (χ0) is 16.1. The van der Waals surface area contributed by atoms with Crippen molar-refractivity contribution in [3.05, 3.63) is 58.0 Å². The topological polar surface area (TPSA) is 90.3 Å². The van der Waals surface area contributed by atoms with Crippen LogP contribution in [0, 0.1) is 0 Å². The van der Waals surface area contributed by atoms with Crippen LogP contribution in [0.2, 0.25) is 0 Å². The molecular weight excluding hydrogens is 286 g/mol. The maximum Gasteiger partial charge on any atom is 0.339 e. The van der Waals surface area contributed by atoms with Crippen molar-refractivity contribution in [2.24, 2.45) is 0 Å². The highest BCUT2D eigenvalue weighted by atomic mass is 16.5. The molecule has 2 aromatic rings. The van der Waals surface area contributed by atoms with Crippen molar-refractivity contribution >= 4 is 17.6 Å². The van der Waals surface area contributed by atoms with E-state index < -0.39 is 11.9 Å². The van der Waals surface area contributed by atoms with Gasteiger partial charge in [-0.15, -0.1) is 0 Å². The lowest BCUT2D eigenvalue weighted by atomic mass is 10.1. The molecule has 0 aliphatic heterocycles. The van der Waals surface area contributed by atoms with Gasteiger partial charge in [0, 0.05) is 12.6 Å². The van der Waals surface area contributed by atoms with Crippen molar-refractivity contribution in [3.8, 4) is 0 Å². The molecule has 1 amide bonds. The summed E-state index contributed by atoms with van der Waals surface area (Å²) < 4.78 is 5.85. The van der Waals surface area contributed by atoms with E-state index in [-0.39, 0.29) is 16.8 Å². The third kappa shape index (κ3) is 3.20. The molecule has 0 radical (unpaired) electrons. The molecule has 0 bridgehead atoms. The average molecular weight is 301 g/mol. The van der Waals surface area contributed by atoms with Gasteiger partial charge in [0.05, 0.1) is 18.4 Å². The van der Waals surface area contributed by atoms with Crippen LogP contribution in [0.4, 0.5) is 5.69 Å². The van der Waals surface area contributed by atoms with Gasteiger partial charge in [-0.05, 0) is 25.1 Å². The van der Waals surface area contributed by atoms with Crippen molar-refractivity contribution < 1.29 is 14.3 Å². The van der Waals surface area contributed by atoms with Crippen molar-refractivity contribution in [1.29, 1.82) is 0 Å². The minimum atomic E-state index is -0.553. The number of esters is 1. The number of nitrogens with zero attached hydrogens (tertiary/aromatic N) is 2. The number of carbonyl (C=O) groups is 2. The summed E-state index contributed by atoms with van der Waals surface area (Å²) in [7, 11) is 1.26. The van der Waals surface area contributed by atoms with E-state index in [9.17, 15) is 14.4 Å². The molecule has 0 fully saturated rings. The predicted molar refractivity (Wildman–Crippen MR) is 79.9 cm³/mol. The largest absolute Gasteiger partial charge is 0.465 e. The van der Waals surface area contributed by atoms with Crippen molar-refractivity contribution in [2.75, 3.05) is 12.4 Å². The number of nitrogens with one attached hydrogen (secondary N) is 1. The molecule has 2 rings (SSSR count). The Morgan fingerprint density at radius 2 is 1.95 bits per heavy atom. The van der Waals surface area contributed by atoms with Crippen LogP contribution < -0.4 is 10.9 Å². The lowest BCUT2D eigenvalue weighted by Crippen LogP contribution is -2.25. The summed E-state index contributed by atoms with van der Waals surface area (Å²) >= 11 is 0. The number of para-hydroxylation sites is 1. The minimum absolute atomic E-state index is 0.0844. The summed E-state index contributed by atoms with van der Waals surface area (Å²) in [5.41, 5.74) is 0.354. The quantitative estimate of drug-likeness (QED) is 0.860. The first-order valence-electron chi connectivity index (χ1n) is 6.63. The molecule has 22 heavy (non-hydrogen) atoms. The number of amides is 1. The number of carbonyl (C=O) groups excluding carboxylic acids is 2. The summed E-state index contributed by atoms with van der Waals surface area (Å²) in [5.74, 6) is -1.07. The highest BCUT2D eigenvalue weighted by Crippen LogP contribution is 2.16. The van der Waals surface area contributed by atoms with E-state index in [1.54, 1.807) is 31.2 Å². The standard InChI is InChI=1S/C15H15N3O4/c1-3-18-13(19)9-8-12(17-18)14(20)16-11-7-5-4-6-10(11)15(21)22-2/h4-9H,3H2,1-2H3,(H,16,20). The summed E-state index contributed by atoms with van der Waals surface area (Å²) in [6.07, 6.45) is 0. The second-order valence-electron chi connectivity index (χ2n) is 4.36. The van der Waals surface area contributed by atoms with Gasteiger partial charge in [0.25, 0.3) is 11.5 Å². The predicted octanol–water partition coefficient (Wildman–Crippen LogP) is 1.30. The second kappa shape index (κ2) is 6.66. The lowest BCUT2D eigenvalue weighted by molar-refractivity contribution is 0.0602. The molecule has 0 unspecified atom stereocenters. The van der Waals surface area contributed by atoms with Gasteiger partial charge >= 0.3 is 5.97 Å². The molecular formula is C15H15N3O4. The van der Waals surface area contributed by atoms with Crippen molar-refractivity contribution in [1.82, 2.24) is 9.78 Å². The molecule has 1 heterocycles. The van der Waals surface area contributed by atoms with Crippen molar-refractivity contribution in [2.45, 2.75) is 13.5 Å². The number of aryl methyl sites for hydroxylation is 1. The number of anilines is 1. The molecule has 1 aromatic carbocycles. The van der Waals surface area contributed by atoms with Crippen LogP contribution in [0.5, 0.6) is 0 Å². The number of methoxy groups -OCH3 is 1. The first kappa shape index (κ1) is 15.4. The van der Waals surface area contributed by atoms with E-state index in [4.69, 9.17) is 0 Å². The molecule has 1 N–H and O–H groups in total. The SMILES string of the molecule is CCn1nc(C(=O)Nc2ccccc2C(=O)OC)ccc1=O. The average Bonchev–Trinajstić information content (AvgIpc) is 2.55. The van der Waals surface area contributed by atoms with Crippen LogP contribution in [-0.4, -0.2) is 28.8 Å². The Kier molecular flexibility index (Phi) is 4.67. The monoisotopic (exact) mass is 301 g/mol. The van der Waals surface area contributed by atoms with Crippen LogP contribution in [0.3, 0.4) is 0 Å². The second-order valence-corrected chi connectivity index (χ2v) is 4.36. The van der Waals surface area contributed by atoms with E-state index >= 15 is 0 Å². The van der Waals surface area contributed by atoms with Crippen LogP contribution >= 0.6 is 0 Å². The molecule has 114 valence electrons. The van der Waals surface area contributed by atoms with E-state index in [2.05, 4.69) is 15.2 Å². The van der Waals surface area contributed by atoms with Crippen LogP contribution in [0.15, 0.2) is 41.2 Å². The molecule has 1 aromatic heterocycles. The van der Waals surface area contributed by atoms with E-state index in [0.717, 1.165) is 0 Å². The van der Waals surface area contributed by atoms with E-state index in [1.165, 1.54) is 23.9 Å². The van der Waals surface area contributed by atoms with Crippen LogP contribution in [0.25, 0.3) is 0 Å². The van der Waals surface area contributed by atoms with Gasteiger partial charge in [-0.2, -0.15) is 5.10 Å². The number of ether oxygens (including phenoxy) is 1. The number of rotatable bonds is 4. The fourth-order valence-electron chi connectivity index (χ4n) is 1.86. The molecule has 0 atom stereocenters. The summed E-state index contributed by atoms with van der Waals surface area (Å²) in [5, 5.41) is 6.55. The molecule has 0 aliphatic rings. The van der Waals surface area contributed by atoms with Gasteiger partial charge in [-0.1, -0.05) is 12.1 Å². The zero-order valence-corrected chi connectivity index (χ0v) is 12.2. The molecule has 0 spiro atoms. The first-order valence-corrected chi connectivity index (χ1v) is 6.63. The third-order valence-corrected chi connectivity index (χ3v) is 2.98. The third-order valence-electron chi connectivity index (χ3n) is 2.98. The molecule has 7 nitrogen and oxygen atoms in total. The number of aromatic nitrogens is 2. The Morgan fingerprint density at radius 1 is 1.23 bits per heavy atom. The minimum Gasteiger partial charge on any atom is -0.465 e. The molecule has 7 heteroatoms. The molecule has 0 saturated carbocycles. The zero-order valence-electron chi connectivity index (χ0n) is 12.2. The maximum atomic E-state index is 12.2. The highest BCUT2D eigenvalue weighted by molar-refractivity contribution is 6.06.